The molecule has 1 unspecified atom stereocenters. The van der Waals surface area contributed by atoms with Crippen molar-refractivity contribution >= 4 is 61.8 Å². The summed E-state index contributed by atoms with van der Waals surface area (Å²) in [4.78, 5) is 11.8. The topological polar surface area (TPSA) is 49.3 Å². The first-order valence-corrected chi connectivity index (χ1v) is 8.30. The highest BCUT2D eigenvalue weighted by Crippen LogP contribution is 2.31. The summed E-state index contributed by atoms with van der Waals surface area (Å²) in [6.07, 6.45) is 0. The van der Waals surface area contributed by atoms with Gasteiger partial charge in [0.05, 0.1) is 5.02 Å². The molecule has 0 amide bonds. The van der Waals surface area contributed by atoms with Gasteiger partial charge >= 0.3 is 5.97 Å². The van der Waals surface area contributed by atoms with Crippen molar-refractivity contribution in [3.8, 4) is 0 Å². The number of hydrogen-bond donors (Lipinski definition) is 2. The van der Waals surface area contributed by atoms with Gasteiger partial charge in [-0.15, -0.1) is 0 Å². The summed E-state index contributed by atoms with van der Waals surface area (Å²) in [6, 6.07) is 12.6. The van der Waals surface area contributed by atoms with Gasteiger partial charge in [-0.1, -0.05) is 23.7 Å². The van der Waals surface area contributed by atoms with Crippen molar-refractivity contribution in [2.24, 2.45) is 0 Å². The van der Waals surface area contributed by atoms with Crippen LogP contribution in [0.3, 0.4) is 0 Å². The van der Waals surface area contributed by atoms with Gasteiger partial charge in [-0.25, -0.2) is 4.79 Å². The van der Waals surface area contributed by atoms with Crippen LogP contribution in [0.2, 0.25) is 5.02 Å². The average molecular weight is 481 g/mol. The van der Waals surface area contributed by atoms with Crippen molar-refractivity contribution in [1.82, 2.24) is 0 Å². The molecule has 1 atom stereocenters. The van der Waals surface area contributed by atoms with E-state index in [4.69, 9.17) is 11.6 Å². The molecule has 0 radical (unpaired) electrons. The van der Waals surface area contributed by atoms with Crippen LogP contribution < -0.4 is 5.32 Å². The van der Waals surface area contributed by atoms with E-state index in [2.05, 4.69) is 43.8 Å². The van der Waals surface area contributed by atoms with Crippen LogP contribution in [0.15, 0.2) is 46.9 Å². The van der Waals surface area contributed by atoms with Crippen molar-refractivity contribution < 1.29 is 9.90 Å². The summed E-state index contributed by atoms with van der Waals surface area (Å²) in [7, 11) is 0. The average Bonchev–Trinajstić information content (AvgIpc) is 2.43. The highest BCUT2D eigenvalue weighted by molar-refractivity contribution is 14.1. The number of benzene rings is 2. The van der Waals surface area contributed by atoms with Crippen LogP contribution in [0.4, 0.5) is 5.69 Å². The molecule has 0 aliphatic rings. The molecule has 2 aromatic carbocycles. The fraction of sp³-hybridized carbons (Fsp3) is 0.133. The molecule has 0 heterocycles. The highest BCUT2D eigenvalue weighted by Gasteiger charge is 2.35. The molecule has 2 rings (SSSR count). The van der Waals surface area contributed by atoms with Crippen molar-refractivity contribution in [3.05, 3.63) is 61.1 Å². The first-order valence-electron chi connectivity index (χ1n) is 6.05. The normalized spacial score (nSPS) is 13.5. The molecule has 0 saturated heterocycles. The number of carboxylic acid groups (broad SMARTS) is 1. The molecular weight excluding hydrogens is 468 g/mol. The molecule has 6 heteroatoms. The molecule has 0 aromatic heterocycles. The molecule has 0 aliphatic carbocycles. The Bertz CT molecular complexity index is 678. The second kappa shape index (κ2) is 6.54. The molecular formula is C15H12BrClINO2. The number of anilines is 1. The lowest BCUT2D eigenvalue weighted by molar-refractivity contribution is -0.142. The Morgan fingerprint density at radius 3 is 2.43 bits per heavy atom. The van der Waals surface area contributed by atoms with Gasteiger partial charge in [-0.2, -0.15) is 0 Å². The minimum absolute atomic E-state index is 0.576. The number of hydrogen-bond acceptors (Lipinski definition) is 2. The molecule has 0 aliphatic heterocycles. The predicted molar refractivity (Wildman–Crippen MR) is 96.9 cm³/mol. The van der Waals surface area contributed by atoms with Gasteiger partial charge in [0.15, 0.2) is 5.54 Å². The Labute approximate surface area is 150 Å². The summed E-state index contributed by atoms with van der Waals surface area (Å²) in [5.74, 6) is -0.949. The quantitative estimate of drug-likeness (QED) is 0.598. The van der Waals surface area contributed by atoms with Crippen LogP contribution in [0.25, 0.3) is 0 Å². The number of carboxylic acids is 1. The van der Waals surface area contributed by atoms with Crippen molar-refractivity contribution in [3.63, 3.8) is 0 Å². The smallest absolute Gasteiger partial charge is 0.333 e. The van der Waals surface area contributed by atoms with Crippen LogP contribution in [0.1, 0.15) is 12.5 Å². The molecule has 3 nitrogen and oxygen atoms in total. The third-order valence-corrected chi connectivity index (χ3v) is 5.10. The van der Waals surface area contributed by atoms with Gasteiger partial charge < -0.3 is 10.4 Å². The zero-order valence-electron chi connectivity index (χ0n) is 11.0. The molecule has 0 fully saturated rings. The molecule has 110 valence electrons. The van der Waals surface area contributed by atoms with E-state index in [-0.39, 0.29) is 0 Å². The lowest BCUT2D eigenvalue weighted by Gasteiger charge is -2.28. The maximum atomic E-state index is 11.8. The van der Waals surface area contributed by atoms with E-state index in [1.165, 1.54) is 0 Å². The summed E-state index contributed by atoms with van der Waals surface area (Å²) in [6.45, 7) is 1.64. The Kier molecular flexibility index (Phi) is 5.16. The van der Waals surface area contributed by atoms with E-state index in [1.54, 1.807) is 25.1 Å². The van der Waals surface area contributed by atoms with E-state index < -0.39 is 11.5 Å². The lowest BCUT2D eigenvalue weighted by Crippen LogP contribution is -2.40. The number of nitrogens with one attached hydrogen (secondary N) is 1. The molecule has 2 N–H and O–H groups in total. The number of halogens is 3. The summed E-state index contributed by atoms with van der Waals surface area (Å²) >= 11 is 11.5. The molecule has 0 bridgehead atoms. The van der Waals surface area contributed by atoms with Crippen LogP contribution in [-0.2, 0) is 10.3 Å². The standard InChI is InChI=1S/C15H12BrClINO2/c1-15(14(20)21,9-2-4-10(18)5-3-9)19-11-6-7-13(17)12(16)8-11/h2-8,19H,1H3,(H,20,21). The van der Waals surface area contributed by atoms with Crippen molar-refractivity contribution in [1.29, 1.82) is 0 Å². The van der Waals surface area contributed by atoms with E-state index in [9.17, 15) is 9.90 Å². The van der Waals surface area contributed by atoms with Crippen LogP contribution in [0, 0.1) is 3.57 Å². The largest absolute Gasteiger partial charge is 0.479 e. The summed E-state index contributed by atoms with van der Waals surface area (Å²) in [5.41, 5.74) is 0.133. The Morgan fingerprint density at radius 2 is 1.90 bits per heavy atom. The number of rotatable bonds is 4. The SMILES string of the molecule is CC(Nc1ccc(Cl)c(Br)c1)(C(=O)O)c1ccc(I)cc1. The zero-order chi connectivity index (χ0) is 15.6. The van der Waals surface area contributed by atoms with E-state index in [1.807, 2.05) is 24.3 Å². The summed E-state index contributed by atoms with van der Waals surface area (Å²) < 4.78 is 1.77. The molecule has 21 heavy (non-hydrogen) atoms. The maximum Gasteiger partial charge on any atom is 0.333 e. The minimum Gasteiger partial charge on any atom is -0.479 e. The molecule has 2 aromatic rings. The van der Waals surface area contributed by atoms with Crippen molar-refractivity contribution in [2.45, 2.75) is 12.5 Å². The number of aliphatic carboxylic acids is 1. The zero-order valence-corrected chi connectivity index (χ0v) is 15.5. The van der Waals surface area contributed by atoms with Gasteiger partial charge in [0.25, 0.3) is 0 Å². The Morgan fingerprint density at radius 1 is 1.29 bits per heavy atom. The third kappa shape index (κ3) is 3.70. The predicted octanol–water partition coefficient (Wildman–Crippen LogP) is 5.12. The Balaban J connectivity index is 2.40. The monoisotopic (exact) mass is 479 g/mol. The van der Waals surface area contributed by atoms with E-state index in [0.717, 1.165) is 3.57 Å². The van der Waals surface area contributed by atoms with Crippen molar-refractivity contribution in [2.75, 3.05) is 5.32 Å². The maximum absolute atomic E-state index is 11.8. The third-order valence-electron chi connectivity index (χ3n) is 3.16. The highest BCUT2D eigenvalue weighted by atomic mass is 127. The van der Waals surface area contributed by atoms with Gasteiger partial charge in [-0.3, -0.25) is 0 Å². The lowest BCUT2D eigenvalue weighted by atomic mass is 9.91. The fourth-order valence-electron chi connectivity index (χ4n) is 1.89. The van der Waals surface area contributed by atoms with Gasteiger partial charge in [-0.05, 0) is 81.3 Å². The van der Waals surface area contributed by atoms with Gasteiger partial charge in [0.1, 0.15) is 0 Å². The Hall–Kier alpha value is -0.790. The first kappa shape index (κ1) is 16.6. The van der Waals surface area contributed by atoms with Crippen LogP contribution >= 0.6 is 50.1 Å². The van der Waals surface area contributed by atoms with Gasteiger partial charge in [0.2, 0.25) is 0 Å². The van der Waals surface area contributed by atoms with Gasteiger partial charge in [0, 0.05) is 13.7 Å². The molecule has 0 saturated carbocycles. The number of carbonyl (C=O) groups is 1. The fourth-order valence-corrected chi connectivity index (χ4v) is 2.75. The van der Waals surface area contributed by atoms with Crippen LogP contribution in [0.5, 0.6) is 0 Å². The first-order chi connectivity index (χ1) is 9.83. The summed E-state index contributed by atoms with van der Waals surface area (Å²) in [5, 5.41) is 13.3. The second-order valence-electron chi connectivity index (χ2n) is 4.69. The molecule has 0 spiro atoms. The minimum atomic E-state index is -1.22. The second-order valence-corrected chi connectivity index (χ2v) is 7.20. The van der Waals surface area contributed by atoms with Crippen LogP contribution in [-0.4, -0.2) is 11.1 Å². The van der Waals surface area contributed by atoms with E-state index >= 15 is 0 Å². The van der Waals surface area contributed by atoms with E-state index in [0.29, 0.717) is 20.7 Å².